The van der Waals surface area contributed by atoms with E-state index in [0.717, 1.165) is 44.9 Å². The van der Waals surface area contributed by atoms with Crippen LogP contribution in [0.4, 0.5) is 0 Å². The summed E-state index contributed by atoms with van der Waals surface area (Å²) in [5.41, 5.74) is -1.77. The Labute approximate surface area is 263 Å². The van der Waals surface area contributed by atoms with E-state index in [-0.39, 0.29) is 58.0 Å². The van der Waals surface area contributed by atoms with Gasteiger partial charge in [-0.2, -0.15) is 0 Å². The molecule has 5 saturated carbocycles. The molecule has 0 radical (unpaired) electrons. The van der Waals surface area contributed by atoms with Crippen LogP contribution in [-0.4, -0.2) is 97.0 Å². The molecule has 0 aromatic carbocycles. The van der Waals surface area contributed by atoms with Gasteiger partial charge in [0.2, 0.25) is 0 Å². The first kappa shape index (κ1) is 33.5. The molecule has 6 aliphatic rings. The van der Waals surface area contributed by atoms with Gasteiger partial charge < -0.3 is 45.2 Å². The maximum atomic E-state index is 11.8. The predicted octanol–water partition coefficient (Wildman–Crippen LogP) is 2.74. The zero-order chi connectivity index (χ0) is 32.4. The third kappa shape index (κ3) is 4.50. The second-order valence-electron chi connectivity index (χ2n) is 17.9. The molecule has 0 aromatic heterocycles. The van der Waals surface area contributed by atoms with Gasteiger partial charge in [0.25, 0.3) is 0 Å². The fraction of sp³-hybridized carbons (Fsp3) is 1.00. The molecule has 16 unspecified atom stereocenters. The number of fused-ring (bicyclic) bond motifs is 2. The second-order valence-corrected chi connectivity index (χ2v) is 17.9. The summed E-state index contributed by atoms with van der Waals surface area (Å²) < 4.78 is 12.5. The van der Waals surface area contributed by atoms with Gasteiger partial charge in [-0.3, -0.25) is 0 Å². The summed E-state index contributed by atoms with van der Waals surface area (Å²) in [7, 11) is 0. The largest absolute Gasteiger partial charge is 0.393 e. The summed E-state index contributed by atoms with van der Waals surface area (Å²) in [6, 6.07) is 0. The Bertz CT molecular complexity index is 1090. The van der Waals surface area contributed by atoms with Gasteiger partial charge >= 0.3 is 0 Å². The molecule has 0 amide bonds. The summed E-state index contributed by atoms with van der Waals surface area (Å²) in [6.45, 7) is 14.4. The van der Waals surface area contributed by atoms with Gasteiger partial charge in [-0.15, -0.1) is 0 Å². The van der Waals surface area contributed by atoms with Crippen molar-refractivity contribution in [3.63, 3.8) is 0 Å². The summed E-state index contributed by atoms with van der Waals surface area (Å²) in [5.74, 6) is 0.551. The number of hydrogen-bond acceptors (Lipinski definition) is 9. The van der Waals surface area contributed by atoms with Crippen LogP contribution >= 0.6 is 0 Å². The maximum Gasteiger partial charge on any atom is 0.186 e. The van der Waals surface area contributed by atoms with Crippen molar-refractivity contribution in [2.24, 2.45) is 50.7 Å². The van der Waals surface area contributed by atoms with Crippen molar-refractivity contribution >= 4 is 0 Å². The number of aliphatic hydroxyl groups excluding tert-OH is 6. The van der Waals surface area contributed by atoms with E-state index < -0.39 is 53.9 Å². The first-order valence-electron chi connectivity index (χ1n) is 17.3. The molecule has 9 nitrogen and oxygen atoms in total. The highest BCUT2D eigenvalue weighted by Crippen LogP contribution is 2.89. The average Bonchev–Trinajstić information content (AvgIpc) is 3.53. The lowest BCUT2D eigenvalue weighted by Crippen LogP contribution is -2.63. The van der Waals surface area contributed by atoms with Gasteiger partial charge in [-0.25, -0.2) is 0 Å². The van der Waals surface area contributed by atoms with Crippen molar-refractivity contribution in [1.82, 2.24) is 0 Å². The molecule has 44 heavy (non-hydrogen) atoms. The summed E-state index contributed by atoms with van der Waals surface area (Å²) in [4.78, 5) is 0. The molecule has 16 atom stereocenters. The highest BCUT2D eigenvalue weighted by molar-refractivity contribution is 5.32. The molecule has 254 valence electrons. The van der Waals surface area contributed by atoms with Crippen LogP contribution in [-0.2, 0) is 9.47 Å². The molecule has 5 aliphatic carbocycles. The minimum atomic E-state index is -1.37. The van der Waals surface area contributed by atoms with E-state index in [1.807, 2.05) is 0 Å². The Morgan fingerprint density at radius 3 is 2.23 bits per heavy atom. The number of aliphatic hydroxyl groups is 7. The van der Waals surface area contributed by atoms with Crippen LogP contribution in [0.25, 0.3) is 0 Å². The molecular weight excluding hydrogens is 564 g/mol. The molecule has 0 bridgehead atoms. The monoisotopic (exact) mass is 624 g/mol. The van der Waals surface area contributed by atoms with Crippen LogP contribution in [0, 0.1) is 50.7 Å². The van der Waals surface area contributed by atoms with Gasteiger partial charge in [-0.05, 0) is 122 Å². The maximum absolute atomic E-state index is 11.8. The summed E-state index contributed by atoms with van der Waals surface area (Å²) >= 11 is 0. The van der Waals surface area contributed by atoms with E-state index in [0.29, 0.717) is 12.8 Å². The third-order valence-electron chi connectivity index (χ3n) is 15.2. The summed E-state index contributed by atoms with van der Waals surface area (Å²) in [6.07, 6.45) is 0.458. The van der Waals surface area contributed by atoms with Crippen LogP contribution < -0.4 is 0 Å². The van der Waals surface area contributed by atoms with E-state index in [9.17, 15) is 35.7 Å². The molecule has 7 N–H and O–H groups in total. The quantitative estimate of drug-likeness (QED) is 0.211. The Morgan fingerprint density at radius 1 is 0.886 bits per heavy atom. The molecule has 1 saturated heterocycles. The van der Waals surface area contributed by atoms with E-state index in [2.05, 4.69) is 34.6 Å². The van der Waals surface area contributed by atoms with Gasteiger partial charge in [0.1, 0.15) is 18.3 Å². The number of hydrogen-bond donors (Lipinski definition) is 7. The van der Waals surface area contributed by atoms with Gasteiger partial charge in [0.15, 0.2) is 6.29 Å². The molecule has 1 aliphatic heterocycles. The van der Waals surface area contributed by atoms with E-state index in [1.54, 1.807) is 13.8 Å². The van der Waals surface area contributed by atoms with Crippen LogP contribution in [0.3, 0.4) is 0 Å². The van der Waals surface area contributed by atoms with E-state index >= 15 is 0 Å². The SMILES string of the molecule is CC(CCC(O)C(C)(C)O)C1C(O)CC2(C)C3CC(OC4OCC(O)C(O)C4O)C4C(C)(C)C(O)CCC45CC35CCC12C. The molecule has 6 fully saturated rings. The number of ether oxygens (including phenoxy) is 2. The minimum absolute atomic E-state index is 0.00310. The molecule has 9 heteroatoms. The second kappa shape index (κ2) is 10.6. The number of rotatable bonds is 7. The topological polar surface area (TPSA) is 160 Å². The van der Waals surface area contributed by atoms with E-state index in [4.69, 9.17) is 9.47 Å². The van der Waals surface area contributed by atoms with Crippen molar-refractivity contribution in [2.45, 2.75) is 161 Å². The molecule has 2 spiro atoms. The van der Waals surface area contributed by atoms with E-state index in [1.165, 1.54) is 0 Å². The molecule has 1 heterocycles. The molecular formula is C35H60O9. The van der Waals surface area contributed by atoms with Gasteiger partial charge in [-0.1, -0.05) is 34.6 Å². The molecule has 0 aromatic rings. The van der Waals surface area contributed by atoms with Crippen molar-refractivity contribution in [1.29, 1.82) is 0 Å². The predicted molar refractivity (Wildman–Crippen MR) is 163 cm³/mol. The Hall–Kier alpha value is -0.360. The van der Waals surface area contributed by atoms with Crippen molar-refractivity contribution in [2.75, 3.05) is 6.61 Å². The van der Waals surface area contributed by atoms with Crippen LogP contribution in [0.1, 0.15) is 106 Å². The lowest BCUT2D eigenvalue weighted by molar-refractivity contribution is -0.309. The standard InChI is InChI=1S/C35H60O9/c1-18(8-9-24(39)31(4,5)42)25-19(36)15-33(7)22-14-21(44-29-27(41)26(40)20(37)16-43-29)28-30(2,3)23(38)10-11-35(28)17-34(22,35)13-12-32(25,33)6/h18-29,36-42H,8-17H2,1-7H3. The van der Waals surface area contributed by atoms with Crippen LogP contribution in [0.15, 0.2) is 0 Å². The smallest absolute Gasteiger partial charge is 0.186 e. The lowest BCUT2D eigenvalue weighted by Gasteiger charge is -2.64. The van der Waals surface area contributed by atoms with Crippen molar-refractivity contribution < 1.29 is 45.2 Å². The fourth-order valence-corrected chi connectivity index (χ4v) is 12.6. The average molecular weight is 625 g/mol. The molecule has 6 rings (SSSR count). The Morgan fingerprint density at radius 2 is 1.57 bits per heavy atom. The van der Waals surface area contributed by atoms with Crippen LogP contribution in [0.2, 0.25) is 0 Å². The highest BCUT2D eigenvalue weighted by Gasteiger charge is 2.84. The first-order valence-corrected chi connectivity index (χ1v) is 17.3. The Balaban J connectivity index is 1.32. The lowest BCUT2D eigenvalue weighted by atomic mass is 9.41. The third-order valence-corrected chi connectivity index (χ3v) is 15.2. The zero-order valence-electron chi connectivity index (χ0n) is 27.9. The van der Waals surface area contributed by atoms with Gasteiger partial charge in [0, 0.05) is 0 Å². The fourth-order valence-electron chi connectivity index (χ4n) is 12.6. The Kier molecular flexibility index (Phi) is 8.06. The van der Waals surface area contributed by atoms with Crippen molar-refractivity contribution in [3.05, 3.63) is 0 Å². The minimum Gasteiger partial charge on any atom is -0.393 e. The normalized spacial score (nSPS) is 54.4. The highest BCUT2D eigenvalue weighted by atomic mass is 16.7. The summed E-state index contributed by atoms with van der Waals surface area (Å²) in [5, 5.41) is 75.4. The zero-order valence-corrected chi connectivity index (χ0v) is 27.9. The first-order chi connectivity index (χ1) is 20.3. The van der Waals surface area contributed by atoms with Crippen molar-refractivity contribution in [3.8, 4) is 0 Å². The van der Waals surface area contributed by atoms with Gasteiger partial charge in [0.05, 0.1) is 36.6 Å². The van der Waals surface area contributed by atoms with Crippen LogP contribution in [0.5, 0.6) is 0 Å².